The summed E-state index contributed by atoms with van der Waals surface area (Å²) in [7, 11) is -3.58. The molecule has 0 radical (unpaired) electrons. The first kappa shape index (κ1) is 23.3. The smallest absolute Gasteiger partial charge is 0.255 e. The molecule has 0 aliphatic carbocycles. The Morgan fingerprint density at radius 1 is 1.00 bits per heavy atom. The summed E-state index contributed by atoms with van der Waals surface area (Å²) in [5, 5.41) is 2.94. The summed E-state index contributed by atoms with van der Waals surface area (Å²) in [5.74, 6) is 0.0322. The van der Waals surface area contributed by atoms with Crippen molar-refractivity contribution in [2.45, 2.75) is 17.7 Å². The molecular formula is C23H28N4O5S. The van der Waals surface area contributed by atoms with Crippen LogP contribution in [0.3, 0.4) is 0 Å². The predicted molar refractivity (Wildman–Crippen MR) is 121 cm³/mol. The van der Waals surface area contributed by atoms with Gasteiger partial charge in [0.25, 0.3) is 11.8 Å². The molecule has 0 atom stereocenters. The fraction of sp³-hybridized carbons (Fsp3) is 0.435. The van der Waals surface area contributed by atoms with E-state index >= 15 is 0 Å². The third kappa shape index (κ3) is 5.58. The number of benzene rings is 1. The SMILES string of the molecule is O=C(NCC1CCN(C(=O)c2cccnc2)CC1)c1ccc(S(=O)(=O)N2CCOCC2)cc1. The van der Waals surface area contributed by atoms with Crippen LogP contribution in [0.25, 0.3) is 0 Å². The normalized spacial score (nSPS) is 18.1. The number of ether oxygens (including phenoxy) is 1. The molecule has 0 spiro atoms. The Bertz CT molecular complexity index is 1060. The molecule has 33 heavy (non-hydrogen) atoms. The number of likely N-dealkylation sites (tertiary alicyclic amines) is 1. The van der Waals surface area contributed by atoms with E-state index in [2.05, 4.69) is 10.3 Å². The number of nitrogens with one attached hydrogen (secondary N) is 1. The highest BCUT2D eigenvalue weighted by atomic mass is 32.2. The summed E-state index contributed by atoms with van der Waals surface area (Å²) in [6.07, 6.45) is 4.83. The molecule has 2 aliphatic rings. The van der Waals surface area contributed by atoms with Crippen molar-refractivity contribution in [3.63, 3.8) is 0 Å². The lowest BCUT2D eigenvalue weighted by Gasteiger charge is -2.32. The lowest BCUT2D eigenvalue weighted by atomic mass is 9.96. The van der Waals surface area contributed by atoms with Crippen LogP contribution >= 0.6 is 0 Å². The van der Waals surface area contributed by atoms with Crippen molar-refractivity contribution in [1.82, 2.24) is 19.5 Å². The quantitative estimate of drug-likeness (QED) is 0.681. The number of nitrogens with zero attached hydrogens (tertiary/aromatic N) is 3. The van der Waals surface area contributed by atoms with Crippen molar-refractivity contribution in [2.75, 3.05) is 45.9 Å². The molecule has 10 heteroatoms. The maximum Gasteiger partial charge on any atom is 0.255 e. The van der Waals surface area contributed by atoms with Crippen molar-refractivity contribution in [2.24, 2.45) is 5.92 Å². The van der Waals surface area contributed by atoms with Gasteiger partial charge in [0.1, 0.15) is 0 Å². The number of sulfonamides is 1. The highest BCUT2D eigenvalue weighted by Gasteiger charge is 2.27. The minimum atomic E-state index is -3.58. The molecule has 2 amide bonds. The molecule has 0 saturated carbocycles. The van der Waals surface area contributed by atoms with Gasteiger partial charge in [0, 0.05) is 50.7 Å². The van der Waals surface area contributed by atoms with Gasteiger partial charge < -0.3 is 15.0 Å². The summed E-state index contributed by atoms with van der Waals surface area (Å²) in [6, 6.07) is 9.54. The molecule has 2 fully saturated rings. The standard InChI is InChI=1S/C23H28N4O5S/c28-22(19-3-5-21(6-4-19)33(30,31)27-12-14-32-15-13-27)25-16-18-7-10-26(11-8-18)23(29)20-2-1-9-24-17-20/h1-6,9,17-18H,7-8,10-16H2,(H,25,28). The Labute approximate surface area is 193 Å². The largest absolute Gasteiger partial charge is 0.379 e. The summed E-state index contributed by atoms with van der Waals surface area (Å²) in [4.78, 5) is 31.1. The minimum Gasteiger partial charge on any atom is -0.379 e. The zero-order valence-corrected chi connectivity index (χ0v) is 19.2. The second-order valence-electron chi connectivity index (χ2n) is 8.23. The first-order valence-electron chi connectivity index (χ1n) is 11.1. The van der Waals surface area contributed by atoms with Gasteiger partial charge in [-0.3, -0.25) is 14.6 Å². The van der Waals surface area contributed by atoms with Crippen molar-refractivity contribution in [3.8, 4) is 0 Å². The highest BCUT2D eigenvalue weighted by Crippen LogP contribution is 2.20. The first-order chi connectivity index (χ1) is 15.9. The zero-order chi connectivity index (χ0) is 23.3. The molecular weight excluding hydrogens is 444 g/mol. The van der Waals surface area contributed by atoms with E-state index in [0.29, 0.717) is 57.1 Å². The molecule has 3 heterocycles. The van der Waals surface area contributed by atoms with Crippen LogP contribution in [0.5, 0.6) is 0 Å². The van der Waals surface area contributed by atoms with E-state index in [1.165, 1.54) is 28.6 Å². The average Bonchev–Trinajstić information content (AvgIpc) is 2.88. The zero-order valence-electron chi connectivity index (χ0n) is 18.4. The van der Waals surface area contributed by atoms with E-state index in [0.717, 1.165) is 12.8 Å². The van der Waals surface area contributed by atoms with Crippen LogP contribution in [0.1, 0.15) is 33.6 Å². The van der Waals surface area contributed by atoms with Gasteiger partial charge in [-0.2, -0.15) is 4.31 Å². The molecule has 176 valence electrons. The Morgan fingerprint density at radius 2 is 1.70 bits per heavy atom. The second-order valence-corrected chi connectivity index (χ2v) is 10.2. The highest BCUT2D eigenvalue weighted by molar-refractivity contribution is 7.89. The molecule has 1 aromatic carbocycles. The van der Waals surface area contributed by atoms with Gasteiger partial charge in [-0.1, -0.05) is 0 Å². The molecule has 2 aromatic rings. The van der Waals surface area contributed by atoms with Gasteiger partial charge in [-0.15, -0.1) is 0 Å². The van der Waals surface area contributed by atoms with E-state index in [9.17, 15) is 18.0 Å². The second kappa shape index (κ2) is 10.4. The summed E-state index contributed by atoms with van der Waals surface area (Å²) < 4.78 is 32.0. The van der Waals surface area contributed by atoms with E-state index < -0.39 is 10.0 Å². The van der Waals surface area contributed by atoms with E-state index in [4.69, 9.17) is 4.74 Å². The van der Waals surface area contributed by atoms with Gasteiger partial charge in [0.2, 0.25) is 10.0 Å². The summed E-state index contributed by atoms with van der Waals surface area (Å²) in [6.45, 7) is 3.23. The number of hydrogen-bond donors (Lipinski definition) is 1. The molecule has 1 aromatic heterocycles. The fourth-order valence-corrected chi connectivity index (χ4v) is 5.47. The molecule has 9 nitrogen and oxygen atoms in total. The number of aromatic nitrogens is 1. The number of carbonyl (C=O) groups excluding carboxylic acids is 2. The van der Waals surface area contributed by atoms with Gasteiger partial charge in [-0.05, 0) is 55.2 Å². The third-order valence-electron chi connectivity index (χ3n) is 6.09. The van der Waals surface area contributed by atoms with Crippen LogP contribution in [0.15, 0.2) is 53.7 Å². The van der Waals surface area contributed by atoms with Crippen molar-refractivity contribution in [3.05, 3.63) is 59.9 Å². The number of amides is 2. The van der Waals surface area contributed by atoms with Gasteiger partial charge in [0.05, 0.1) is 23.7 Å². The Morgan fingerprint density at radius 3 is 2.33 bits per heavy atom. The van der Waals surface area contributed by atoms with Crippen molar-refractivity contribution in [1.29, 1.82) is 0 Å². The Balaban J connectivity index is 1.26. The lowest BCUT2D eigenvalue weighted by molar-refractivity contribution is 0.0684. The van der Waals surface area contributed by atoms with Crippen LogP contribution in [-0.4, -0.2) is 80.4 Å². The topological polar surface area (TPSA) is 109 Å². The van der Waals surface area contributed by atoms with Crippen LogP contribution in [0, 0.1) is 5.92 Å². The summed E-state index contributed by atoms with van der Waals surface area (Å²) in [5.41, 5.74) is 1.00. The predicted octanol–water partition coefficient (Wildman–Crippen LogP) is 1.38. The van der Waals surface area contributed by atoms with Crippen molar-refractivity contribution < 1.29 is 22.7 Å². The number of morpholine rings is 1. The van der Waals surface area contributed by atoms with Gasteiger partial charge in [-0.25, -0.2) is 8.42 Å². The van der Waals surface area contributed by atoms with Crippen LogP contribution in [0.4, 0.5) is 0 Å². The molecule has 0 unspecified atom stereocenters. The van der Waals surface area contributed by atoms with Gasteiger partial charge >= 0.3 is 0 Å². The fourth-order valence-electron chi connectivity index (χ4n) is 4.07. The van der Waals surface area contributed by atoms with E-state index in [1.54, 1.807) is 24.5 Å². The number of pyridine rings is 1. The molecule has 4 rings (SSSR count). The van der Waals surface area contributed by atoms with Crippen molar-refractivity contribution >= 4 is 21.8 Å². The Hall–Kier alpha value is -2.82. The van der Waals surface area contributed by atoms with Crippen LogP contribution in [-0.2, 0) is 14.8 Å². The Kier molecular flexibility index (Phi) is 7.36. The number of hydrogen-bond acceptors (Lipinski definition) is 6. The first-order valence-corrected chi connectivity index (χ1v) is 12.5. The average molecular weight is 473 g/mol. The molecule has 2 saturated heterocycles. The van der Waals surface area contributed by atoms with E-state index in [1.807, 2.05) is 4.90 Å². The van der Waals surface area contributed by atoms with Gasteiger partial charge in [0.15, 0.2) is 0 Å². The molecule has 2 aliphatic heterocycles. The number of rotatable bonds is 6. The maximum atomic E-state index is 12.7. The lowest BCUT2D eigenvalue weighted by Crippen LogP contribution is -2.41. The summed E-state index contributed by atoms with van der Waals surface area (Å²) >= 11 is 0. The maximum absolute atomic E-state index is 12.7. The molecule has 0 bridgehead atoms. The van der Waals surface area contributed by atoms with Crippen LogP contribution < -0.4 is 5.32 Å². The van der Waals surface area contributed by atoms with E-state index in [-0.39, 0.29) is 22.6 Å². The monoisotopic (exact) mass is 472 g/mol. The minimum absolute atomic E-state index is 0.0160. The van der Waals surface area contributed by atoms with Crippen LogP contribution in [0.2, 0.25) is 0 Å². The third-order valence-corrected chi connectivity index (χ3v) is 8.00. The number of carbonyl (C=O) groups is 2. The molecule has 1 N–H and O–H groups in total. The number of piperidine rings is 1.